The maximum absolute atomic E-state index is 14.6. The van der Waals surface area contributed by atoms with Gasteiger partial charge in [-0.15, -0.1) is 0 Å². The zero-order valence-corrected chi connectivity index (χ0v) is 17.1. The third-order valence-corrected chi connectivity index (χ3v) is 6.82. The van der Waals surface area contributed by atoms with Crippen LogP contribution < -0.4 is 19.3 Å². The normalized spacial score (nSPS) is 18.9. The van der Waals surface area contributed by atoms with Crippen LogP contribution in [0.1, 0.15) is 13.8 Å². The molecule has 0 aliphatic carbocycles. The Hall–Kier alpha value is -2.39. The van der Waals surface area contributed by atoms with Crippen LogP contribution >= 0.6 is 0 Å². The number of rotatable bonds is 3. The average Bonchev–Trinajstić information content (AvgIpc) is 2.68. The van der Waals surface area contributed by atoms with Gasteiger partial charge < -0.3 is 15.0 Å². The highest BCUT2D eigenvalue weighted by Gasteiger charge is 2.40. The van der Waals surface area contributed by atoms with E-state index in [4.69, 9.17) is 4.74 Å². The molecule has 0 spiro atoms. The van der Waals surface area contributed by atoms with Crippen LogP contribution in [0.5, 0.6) is 5.75 Å². The standard InChI is InChI=1S/C20H23F2N3O3S/c1-20(2)13-25(29(26,27)16-5-3-14(21)4-6-16)18-12-15(22)11-17(19(18)28-20)24-9-7-23-8-10-24/h3-6,11-12,23H,7-10,13H2,1-2H3. The highest BCUT2D eigenvalue weighted by molar-refractivity contribution is 7.92. The molecule has 0 amide bonds. The van der Waals surface area contributed by atoms with Crippen LogP contribution in [0.2, 0.25) is 0 Å². The molecule has 0 atom stereocenters. The minimum absolute atomic E-state index is 0.00413. The van der Waals surface area contributed by atoms with Crippen molar-refractivity contribution in [1.82, 2.24) is 5.32 Å². The monoisotopic (exact) mass is 423 g/mol. The summed E-state index contributed by atoms with van der Waals surface area (Å²) in [5, 5.41) is 3.24. The quantitative estimate of drug-likeness (QED) is 0.823. The summed E-state index contributed by atoms with van der Waals surface area (Å²) in [6, 6.07) is 7.17. The third-order valence-electron chi connectivity index (χ3n) is 5.05. The van der Waals surface area contributed by atoms with Gasteiger partial charge in [-0.2, -0.15) is 0 Å². The average molecular weight is 423 g/mol. The molecule has 0 bridgehead atoms. The van der Waals surface area contributed by atoms with Crippen molar-refractivity contribution < 1.29 is 21.9 Å². The topological polar surface area (TPSA) is 61.9 Å². The van der Waals surface area contributed by atoms with Gasteiger partial charge in [0.15, 0.2) is 5.75 Å². The lowest BCUT2D eigenvalue weighted by atomic mass is 10.1. The second-order valence-corrected chi connectivity index (χ2v) is 9.70. The van der Waals surface area contributed by atoms with Gasteiger partial charge in [0, 0.05) is 38.3 Å². The maximum atomic E-state index is 14.6. The highest BCUT2D eigenvalue weighted by atomic mass is 32.2. The first kappa shape index (κ1) is 19.9. The number of nitrogens with one attached hydrogen (secondary N) is 1. The summed E-state index contributed by atoms with van der Waals surface area (Å²) in [6.07, 6.45) is 0. The van der Waals surface area contributed by atoms with Gasteiger partial charge in [0.05, 0.1) is 22.8 Å². The molecule has 6 nitrogen and oxygen atoms in total. The summed E-state index contributed by atoms with van der Waals surface area (Å²) in [5.74, 6) is -0.728. The molecule has 0 saturated carbocycles. The number of ether oxygens (including phenoxy) is 1. The van der Waals surface area contributed by atoms with E-state index in [2.05, 4.69) is 5.32 Å². The number of hydrogen-bond donors (Lipinski definition) is 1. The fraction of sp³-hybridized carbons (Fsp3) is 0.400. The molecular formula is C20H23F2N3O3S. The largest absolute Gasteiger partial charge is 0.482 e. The van der Waals surface area contributed by atoms with E-state index in [-0.39, 0.29) is 17.1 Å². The molecule has 0 radical (unpaired) electrons. The summed E-state index contributed by atoms with van der Waals surface area (Å²) in [4.78, 5) is 1.93. The summed E-state index contributed by atoms with van der Waals surface area (Å²) >= 11 is 0. The molecule has 1 saturated heterocycles. The second kappa shape index (κ2) is 7.14. The first-order chi connectivity index (χ1) is 13.7. The Kier molecular flexibility index (Phi) is 4.90. The molecule has 29 heavy (non-hydrogen) atoms. The van der Waals surface area contributed by atoms with E-state index >= 15 is 0 Å². The molecule has 0 unspecified atom stereocenters. The number of halogens is 2. The Balaban J connectivity index is 1.86. The van der Waals surface area contributed by atoms with Crippen molar-refractivity contribution in [3.8, 4) is 5.75 Å². The molecule has 2 aliphatic rings. The van der Waals surface area contributed by atoms with E-state index < -0.39 is 27.3 Å². The van der Waals surface area contributed by atoms with Crippen LogP contribution in [-0.4, -0.2) is 46.7 Å². The van der Waals surface area contributed by atoms with Crippen molar-refractivity contribution in [1.29, 1.82) is 0 Å². The van der Waals surface area contributed by atoms with Crippen LogP contribution in [0, 0.1) is 11.6 Å². The van der Waals surface area contributed by atoms with Crippen molar-refractivity contribution in [2.75, 3.05) is 41.9 Å². The van der Waals surface area contributed by atoms with E-state index in [0.717, 1.165) is 29.5 Å². The molecule has 2 aromatic carbocycles. The fourth-order valence-electron chi connectivity index (χ4n) is 3.68. The smallest absolute Gasteiger partial charge is 0.264 e. The second-order valence-electron chi connectivity index (χ2n) is 7.84. The Labute approximate surface area is 169 Å². The van der Waals surface area contributed by atoms with Crippen molar-refractivity contribution >= 4 is 21.4 Å². The lowest BCUT2D eigenvalue weighted by Gasteiger charge is -2.42. The SMILES string of the molecule is CC1(C)CN(S(=O)(=O)c2ccc(F)cc2)c2cc(F)cc(N3CCNCC3)c2O1. The van der Waals surface area contributed by atoms with Crippen LogP contribution in [0.25, 0.3) is 0 Å². The van der Waals surface area contributed by atoms with Crippen molar-refractivity contribution in [3.05, 3.63) is 48.0 Å². The summed E-state index contributed by atoms with van der Waals surface area (Å²) in [7, 11) is -4.04. The molecule has 2 aliphatic heterocycles. The Bertz CT molecular complexity index is 1020. The van der Waals surface area contributed by atoms with E-state index in [1.54, 1.807) is 13.8 Å². The minimum Gasteiger partial charge on any atom is -0.482 e. The molecule has 9 heteroatoms. The molecule has 1 fully saturated rings. The molecule has 1 N–H and O–H groups in total. The molecule has 2 heterocycles. The minimum atomic E-state index is -4.04. The Morgan fingerprint density at radius 3 is 2.28 bits per heavy atom. The summed E-state index contributed by atoms with van der Waals surface area (Å²) < 4.78 is 61.9. The lowest BCUT2D eigenvalue weighted by molar-refractivity contribution is 0.111. The molecule has 156 valence electrons. The fourth-order valence-corrected chi connectivity index (χ4v) is 5.29. The van der Waals surface area contributed by atoms with Crippen LogP contribution in [0.15, 0.2) is 41.3 Å². The van der Waals surface area contributed by atoms with E-state index in [1.807, 2.05) is 4.90 Å². The number of sulfonamides is 1. The first-order valence-electron chi connectivity index (χ1n) is 9.44. The van der Waals surface area contributed by atoms with E-state index in [9.17, 15) is 17.2 Å². The van der Waals surface area contributed by atoms with Gasteiger partial charge in [0.2, 0.25) is 0 Å². The van der Waals surface area contributed by atoms with Gasteiger partial charge >= 0.3 is 0 Å². The van der Waals surface area contributed by atoms with Crippen LogP contribution in [-0.2, 0) is 10.0 Å². The van der Waals surface area contributed by atoms with Gasteiger partial charge in [-0.05, 0) is 38.1 Å². The highest BCUT2D eigenvalue weighted by Crippen LogP contribution is 2.46. The maximum Gasteiger partial charge on any atom is 0.264 e. The zero-order chi connectivity index (χ0) is 20.8. The molecule has 2 aromatic rings. The van der Waals surface area contributed by atoms with Gasteiger partial charge in [0.25, 0.3) is 10.0 Å². The molecular weight excluding hydrogens is 400 g/mol. The number of fused-ring (bicyclic) bond motifs is 1. The number of benzene rings is 2. The van der Waals surface area contributed by atoms with Crippen molar-refractivity contribution in [2.24, 2.45) is 0 Å². The zero-order valence-electron chi connectivity index (χ0n) is 16.3. The van der Waals surface area contributed by atoms with E-state index in [0.29, 0.717) is 24.5 Å². The number of anilines is 2. The Morgan fingerprint density at radius 1 is 1.00 bits per heavy atom. The van der Waals surface area contributed by atoms with Crippen LogP contribution in [0.4, 0.5) is 20.2 Å². The van der Waals surface area contributed by atoms with Crippen LogP contribution in [0.3, 0.4) is 0 Å². The van der Waals surface area contributed by atoms with Crippen molar-refractivity contribution in [3.63, 3.8) is 0 Å². The molecule has 0 aromatic heterocycles. The first-order valence-corrected chi connectivity index (χ1v) is 10.9. The van der Waals surface area contributed by atoms with Crippen molar-refractivity contribution in [2.45, 2.75) is 24.3 Å². The predicted octanol–water partition coefficient (Wildman–Crippen LogP) is 2.74. The summed E-state index contributed by atoms with van der Waals surface area (Å²) in [5.41, 5.74) is -0.142. The van der Waals surface area contributed by atoms with Gasteiger partial charge in [-0.25, -0.2) is 17.2 Å². The Morgan fingerprint density at radius 2 is 1.62 bits per heavy atom. The number of hydrogen-bond acceptors (Lipinski definition) is 5. The van der Waals surface area contributed by atoms with Gasteiger partial charge in [-0.1, -0.05) is 0 Å². The lowest BCUT2D eigenvalue weighted by Crippen LogP contribution is -2.50. The number of piperazine rings is 1. The number of nitrogens with zero attached hydrogens (tertiary/aromatic N) is 2. The van der Waals surface area contributed by atoms with Gasteiger partial charge in [-0.3, -0.25) is 4.31 Å². The summed E-state index contributed by atoms with van der Waals surface area (Å²) in [6.45, 7) is 6.37. The van der Waals surface area contributed by atoms with Gasteiger partial charge in [0.1, 0.15) is 17.2 Å². The van der Waals surface area contributed by atoms with E-state index in [1.165, 1.54) is 24.3 Å². The predicted molar refractivity (Wildman–Crippen MR) is 107 cm³/mol. The molecule has 4 rings (SSSR count). The third kappa shape index (κ3) is 3.76.